The van der Waals surface area contributed by atoms with E-state index in [2.05, 4.69) is 17.9 Å². The van der Waals surface area contributed by atoms with Crippen molar-refractivity contribution >= 4 is 18.5 Å². The average Bonchev–Trinajstić information content (AvgIpc) is 1.63. The van der Waals surface area contributed by atoms with Gasteiger partial charge in [-0.05, 0) is 6.42 Å². The Balaban J connectivity index is 3.01. The molecule has 1 N–H and O–H groups in total. The van der Waals surface area contributed by atoms with Gasteiger partial charge in [-0.1, -0.05) is 6.92 Å². The second kappa shape index (κ2) is 4.68. The maximum absolute atomic E-state index is 10.3. The van der Waals surface area contributed by atoms with Crippen LogP contribution in [-0.4, -0.2) is 17.7 Å². The summed E-state index contributed by atoms with van der Waals surface area (Å²) < 4.78 is 0. The maximum Gasteiger partial charge on any atom is 0.216 e. The van der Waals surface area contributed by atoms with Crippen LogP contribution in [0, 0.1) is 0 Å². The zero-order chi connectivity index (χ0) is 7.28. The fraction of sp³-hybridized carbons (Fsp3) is 0.833. The van der Waals surface area contributed by atoms with Gasteiger partial charge in [0.05, 0.1) is 0 Å². The summed E-state index contributed by atoms with van der Waals surface area (Å²) in [6.45, 7) is 4.26. The molecule has 0 aromatic heterocycles. The SMILES string of the molecule is CC(=O)NCCC(C)S. The normalized spacial score (nSPS) is 12.8. The molecule has 0 bridgehead atoms. The van der Waals surface area contributed by atoms with Gasteiger partial charge in [-0.3, -0.25) is 4.79 Å². The number of carbonyl (C=O) groups excluding carboxylic acids is 1. The zero-order valence-corrected chi connectivity index (χ0v) is 6.74. The van der Waals surface area contributed by atoms with Crippen LogP contribution in [0.3, 0.4) is 0 Å². The fourth-order valence-corrected chi connectivity index (χ4v) is 0.586. The number of hydrogen-bond acceptors (Lipinski definition) is 2. The van der Waals surface area contributed by atoms with Crippen molar-refractivity contribution in [1.82, 2.24) is 5.32 Å². The van der Waals surface area contributed by atoms with E-state index in [0.29, 0.717) is 5.25 Å². The standard InChI is InChI=1S/C6H13NOS/c1-5(9)3-4-7-6(2)8/h5,9H,3-4H2,1-2H3,(H,7,8). The minimum absolute atomic E-state index is 0.0315. The van der Waals surface area contributed by atoms with Crippen molar-refractivity contribution in [3.05, 3.63) is 0 Å². The van der Waals surface area contributed by atoms with Gasteiger partial charge in [0.25, 0.3) is 0 Å². The average molecular weight is 147 g/mol. The molecule has 0 spiro atoms. The summed E-state index contributed by atoms with van der Waals surface area (Å²) in [5.41, 5.74) is 0. The molecule has 54 valence electrons. The molecule has 0 saturated carbocycles. The van der Waals surface area contributed by atoms with E-state index < -0.39 is 0 Å². The van der Waals surface area contributed by atoms with E-state index >= 15 is 0 Å². The van der Waals surface area contributed by atoms with Crippen LogP contribution in [0.25, 0.3) is 0 Å². The van der Waals surface area contributed by atoms with Crippen molar-refractivity contribution < 1.29 is 4.79 Å². The molecule has 0 aliphatic heterocycles. The summed E-state index contributed by atoms with van der Waals surface area (Å²) >= 11 is 4.15. The van der Waals surface area contributed by atoms with E-state index in [9.17, 15) is 4.79 Å². The van der Waals surface area contributed by atoms with Crippen molar-refractivity contribution in [2.45, 2.75) is 25.5 Å². The molecule has 9 heavy (non-hydrogen) atoms. The lowest BCUT2D eigenvalue weighted by Gasteiger charge is -2.02. The number of carbonyl (C=O) groups is 1. The predicted octanol–water partition coefficient (Wildman–Crippen LogP) is 0.831. The summed E-state index contributed by atoms with van der Waals surface area (Å²) in [5.74, 6) is 0.0315. The second-order valence-electron chi connectivity index (χ2n) is 2.12. The molecule has 0 saturated heterocycles. The van der Waals surface area contributed by atoms with Crippen LogP contribution in [0.4, 0.5) is 0 Å². The lowest BCUT2D eigenvalue weighted by atomic mass is 10.3. The highest BCUT2D eigenvalue weighted by Crippen LogP contribution is 1.95. The first-order valence-corrected chi connectivity index (χ1v) is 3.57. The molecule has 0 aliphatic rings. The number of hydrogen-bond donors (Lipinski definition) is 2. The highest BCUT2D eigenvalue weighted by atomic mass is 32.1. The van der Waals surface area contributed by atoms with Crippen LogP contribution >= 0.6 is 12.6 Å². The Kier molecular flexibility index (Phi) is 4.58. The van der Waals surface area contributed by atoms with Crippen molar-refractivity contribution in [2.24, 2.45) is 0 Å². The molecule has 1 atom stereocenters. The summed E-state index contributed by atoms with van der Waals surface area (Å²) in [6.07, 6.45) is 0.933. The van der Waals surface area contributed by atoms with E-state index in [4.69, 9.17) is 0 Å². The minimum Gasteiger partial charge on any atom is -0.356 e. The number of amides is 1. The topological polar surface area (TPSA) is 29.1 Å². The smallest absolute Gasteiger partial charge is 0.216 e. The molecule has 1 amide bonds. The zero-order valence-electron chi connectivity index (χ0n) is 5.85. The third kappa shape index (κ3) is 7.82. The quantitative estimate of drug-likeness (QED) is 0.569. The van der Waals surface area contributed by atoms with Gasteiger partial charge in [0.1, 0.15) is 0 Å². The lowest BCUT2D eigenvalue weighted by molar-refractivity contribution is -0.118. The molecule has 0 aliphatic carbocycles. The highest BCUT2D eigenvalue weighted by molar-refractivity contribution is 7.80. The van der Waals surface area contributed by atoms with Crippen molar-refractivity contribution in [3.63, 3.8) is 0 Å². The Morgan fingerprint density at radius 2 is 2.33 bits per heavy atom. The summed E-state index contributed by atoms with van der Waals surface area (Å²) in [5, 5.41) is 3.06. The lowest BCUT2D eigenvalue weighted by Crippen LogP contribution is -2.22. The molecule has 0 aromatic carbocycles. The molecule has 0 heterocycles. The Hall–Kier alpha value is -0.180. The summed E-state index contributed by atoms with van der Waals surface area (Å²) in [6, 6.07) is 0. The van der Waals surface area contributed by atoms with E-state index in [0.717, 1.165) is 13.0 Å². The van der Waals surface area contributed by atoms with Crippen LogP contribution in [0.15, 0.2) is 0 Å². The molecule has 0 aromatic rings. The van der Waals surface area contributed by atoms with Crippen molar-refractivity contribution in [3.8, 4) is 0 Å². The third-order valence-corrected chi connectivity index (χ3v) is 1.19. The van der Waals surface area contributed by atoms with Crippen LogP contribution < -0.4 is 5.32 Å². The number of nitrogens with one attached hydrogen (secondary N) is 1. The third-order valence-electron chi connectivity index (χ3n) is 0.936. The summed E-state index contributed by atoms with van der Waals surface area (Å²) in [4.78, 5) is 10.3. The Labute approximate surface area is 61.4 Å². The fourth-order valence-electron chi connectivity index (χ4n) is 0.457. The van der Waals surface area contributed by atoms with Gasteiger partial charge in [-0.15, -0.1) is 0 Å². The molecular formula is C6H13NOS. The first kappa shape index (κ1) is 8.82. The van der Waals surface area contributed by atoms with Gasteiger partial charge in [0.15, 0.2) is 0 Å². The van der Waals surface area contributed by atoms with E-state index in [-0.39, 0.29) is 5.91 Å². The van der Waals surface area contributed by atoms with Crippen LogP contribution in [-0.2, 0) is 4.79 Å². The minimum atomic E-state index is 0.0315. The number of thiol groups is 1. The Morgan fingerprint density at radius 3 is 2.67 bits per heavy atom. The maximum atomic E-state index is 10.3. The monoisotopic (exact) mass is 147 g/mol. The molecule has 0 fully saturated rings. The van der Waals surface area contributed by atoms with Gasteiger partial charge in [0.2, 0.25) is 5.91 Å². The molecule has 2 nitrogen and oxygen atoms in total. The van der Waals surface area contributed by atoms with E-state index in [1.54, 1.807) is 0 Å². The largest absolute Gasteiger partial charge is 0.356 e. The Bertz CT molecular complexity index is 93.1. The van der Waals surface area contributed by atoms with E-state index in [1.807, 2.05) is 6.92 Å². The van der Waals surface area contributed by atoms with Gasteiger partial charge < -0.3 is 5.32 Å². The van der Waals surface area contributed by atoms with Gasteiger partial charge in [-0.2, -0.15) is 12.6 Å². The molecule has 0 rings (SSSR count). The van der Waals surface area contributed by atoms with Gasteiger partial charge >= 0.3 is 0 Å². The first-order chi connectivity index (χ1) is 4.13. The predicted molar refractivity (Wildman–Crippen MR) is 41.7 cm³/mol. The molecule has 0 radical (unpaired) electrons. The molecule has 1 unspecified atom stereocenters. The summed E-state index contributed by atoms with van der Waals surface area (Å²) in [7, 11) is 0. The van der Waals surface area contributed by atoms with Crippen molar-refractivity contribution in [2.75, 3.05) is 6.54 Å². The van der Waals surface area contributed by atoms with E-state index in [1.165, 1.54) is 6.92 Å². The highest BCUT2D eigenvalue weighted by Gasteiger charge is 1.93. The van der Waals surface area contributed by atoms with Gasteiger partial charge in [-0.25, -0.2) is 0 Å². The Morgan fingerprint density at radius 1 is 1.78 bits per heavy atom. The van der Waals surface area contributed by atoms with Crippen LogP contribution in [0.1, 0.15) is 20.3 Å². The van der Waals surface area contributed by atoms with Crippen LogP contribution in [0.5, 0.6) is 0 Å². The molecule has 3 heteroatoms. The van der Waals surface area contributed by atoms with Crippen LogP contribution in [0.2, 0.25) is 0 Å². The molecular weight excluding hydrogens is 134 g/mol. The van der Waals surface area contributed by atoms with Gasteiger partial charge in [0, 0.05) is 18.7 Å². The van der Waals surface area contributed by atoms with Crippen molar-refractivity contribution in [1.29, 1.82) is 0 Å². The number of rotatable bonds is 3. The second-order valence-corrected chi connectivity index (χ2v) is 3.00. The first-order valence-electron chi connectivity index (χ1n) is 3.05.